The fourth-order valence-corrected chi connectivity index (χ4v) is 2.52. The molecule has 2 aromatic heterocycles. The molecule has 2 aromatic rings. The van der Waals surface area contributed by atoms with Crippen molar-refractivity contribution < 1.29 is 8.42 Å². The van der Waals surface area contributed by atoms with Crippen molar-refractivity contribution in [1.82, 2.24) is 14.8 Å². The number of sulfonamides is 1. The highest BCUT2D eigenvalue weighted by molar-refractivity contribution is 7.92. The van der Waals surface area contributed by atoms with Gasteiger partial charge in [0, 0.05) is 19.4 Å². The minimum Gasteiger partial charge on any atom is -0.321 e. The summed E-state index contributed by atoms with van der Waals surface area (Å²) in [5.74, 6) is 5.25. The quantitative estimate of drug-likeness (QED) is 0.527. The van der Waals surface area contributed by atoms with Gasteiger partial charge in [0.25, 0.3) is 10.0 Å². The van der Waals surface area contributed by atoms with E-state index in [0.29, 0.717) is 5.69 Å². The Kier molecular flexibility index (Phi) is 3.17. The van der Waals surface area contributed by atoms with E-state index < -0.39 is 10.0 Å². The number of nitrogens with zero attached hydrogens (tertiary/aromatic N) is 3. The maximum Gasteiger partial charge on any atom is 0.281 e. The number of hydrogen-bond acceptors (Lipinski definition) is 6. The second-order valence-corrected chi connectivity index (χ2v) is 5.11. The van der Waals surface area contributed by atoms with E-state index in [1.807, 2.05) is 0 Å². The predicted molar refractivity (Wildman–Crippen MR) is 66.1 cm³/mol. The van der Waals surface area contributed by atoms with Crippen LogP contribution >= 0.6 is 0 Å². The zero-order valence-corrected chi connectivity index (χ0v) is 10.3. The maximum absolute atomic E-state index is 12.1. The number of anilines is 2. The topological polar surface area (TPSA) is 115 Å². The van der Waals surface area contributed by atoms with Gasteiger partial charge in [-0.15, -0.1) is 0 Å². The Bertz CT molecular complexity index is 651. The zero-order valence-electron chi connectivity index (χ0n) is 9.53. The van der Waals surface area contributed by atoms with E-state index in [4.69, 9.17) is 5.84 Å². The molecule has 0 aliphatic rings. The van der Waals surface area contributed by atoms with Crippen LogP contribution in [0.15, 0.2) is 35.7 Å². The maximum atomic E-state index is 12.1. The molecule has 18 heavy (non-hydrogen) atoms. The lowest BCUT2D eigenvalue weighted by molar-refractivity contribution is 0.598. The van der Waals surface area contributed by atoms with Gasteiger partial charge < -0.3 is 5.43 Å². The smallest absolute Gasteiger partial charge is 0.281 e. The number of aryl methyl sites for hydroxylation is 1. The van der Waals surface area contributed by atoms with Crippen LogP contribution < -0.4 is 16.0 Å². The summed E-state index contributed by atoms with van der Waals surface area (Å²) in [5, 5.41) is 3.70. The molecule has 0 aliphatic heterocycles. The Morgan fingerprint density at radius 2 is 2.22 bits per heavy atom. The lowest BCUT2D eigenvalue weighted by Crippen LogP contribution is -2.18. The van der Waals surface area contributed by atoms with Crippen LogP contribution in [0.1, 0.15) is 0 Å². The van der Waals surface area contributed by atoms with Crippen molar-refractivity contribution >= 4 is 21.4 Å². The highest BCUT2D eigenvalue weighted by Crippen LogP contribution is 2.19. The van der Waals surface area contributed by atoms with Crippen LogP contribution in [0, 0.1) is 0 Å². The van der Waals surface area contributed by atoms with Gasteiger partial charge >= 0.3 is 0 Å². The molecule has 0 spiro atoms. The van der Waals surface area contributed by atoms with E-state index in [2.05, 4.69) is 20.2 Å². The number of rotatable bonds is 4. The van der Waals surface area contributed by atoms with Crippen molar-refractivity contribution in [2.24, 2.45) is 12.9 Å². The van der Waals surface area contributed by atoms with Gasteiger partial charge in [-0.05, 0) is 12.1 Å². The summed E-state index contributed by atoms with van der Waals surface area (Å²) in [4.78, 5) is 3.80. The molecule has 96 valence electrons. The Balaban J connectivity index is 2.36. The van der Waals surface area contributed by atoms with Crippen molar-refractivity contribution in [2.45, 2.75) is 5.03 Å². The summed E-state index contributed by atoms with van der Waals surface area (Å²) in [6.45, 7) is 0. The Hall–Kier alpha value is -2.13. The minimum absolute atomic E-state index is 0.170. The first kappa shape index (κ1) is 12.3. The van der Waals surface area contributed by atoms with Crippen LogP contribution in [0.3, 0.4) is 0 Å². The highest BCUT2D eigenvalue weighted by atomic mass is 32.2. The number of nitrogens with two attached hydrogens (primary N) is 1. The second-order valence-electron chi connectivity index (χ2n) is 3.51. The molecule has 8 nitrogen and oxygen atoms in total. The van der Waals surface area contributed by atoms with E-state index in [-0.39, 0.29) is 10.7 Å². The lowest BCUT2D eigenvalue weighted by atomic mass is 10.4. The van der Waals surface area contributed by atoms with Crippen LogP contribution in [-0.4, -0.2) is 23.2 Å². The molecule has 9 heteroatoms. The van der Waals surface area contributed by atoms with Gasteiger partial charge in [0.15, 0.2) is 0 Å². The molecule has 0 saturated carbocycles. The minimum atomic E-state index is -3.80. The standard InChI is InChI=1S/C9H12N6O2S/c1-15-6-7(5-12-15)14-18(16,17)9-8(13-10)3-2-4-11-9/h2-6,13-14H,10H2,1H3. The van der Waals surface area contributed by atoms with Gasteiger partial charge in [-0.1, -0.05) is 0 Å². The molecule has 0 aliphatic carbocycles. The number of aromatic nitrogens is 3. The largest absolute Gasteiger partial charge is 0.321 e. The van der Waals surface area contributed by atoms with Crippen LogP contribution in [0.5, 0.6) is 0 Å². The van der Waals surface area contributed by atoms with Crippen molar-refractivity contribution in [3.63, 3.8) is 0 Å². The third kappa shape index (κ3) is 2.41. The van der Waals surface area contributed by atoms with Crippen molar-refractivity contribution in [1.29, 1.82) is 0 Å². The van der Waals surface area contributed by atoms with E-state index in [0.717, 1.165) is 0 Å². The number of nitrogen functional groups attached to an aromatic ring is 1. The molecule has 0 fully saturated rings. The van der Waals surface area contributed by atoms with Gasteiger partial charge in [0.1, 0.15) is 0 Å². The number of nitrogens with one attached hydrogen (secondary N) is 2. The second kappa shape index (κ2) is 4.63. The van der Waals surface area contributed by atoms with Crippen LogP contribution in [0.4, 0.5) is 11.4 Å². The molecule has 4 N–H and O–H groups in total. The summed E-state index contributed by atoms with van der Waals surface area (Å²) in [6.07, 6.45) is 4.31. The van der Waals surface area contributed by atoms with Gasteiger partial charge in [0.05, 0.1) is 17.6 Å². The third-order valence-electron chi connectivity index (χ3n) is 2.14. The molecule has 2 heterocycles. The van der Waals surface area contributed by atoms with E-state index in [1.165, 1.54) is 29.3 Å². The number of pyridine rings is 1. The monoisotopic (exact) mass is 268 g/mol. The first-order valence-electron chi connectivity index (χ1n) is 4.96. The molecular formula is C9H12N6O2S. The van der Waals surface area contributed by atoms with Gasteiger partial charge in [-0.25, -0.2) is 4.98 Å². The number of hydrogen-bond donors (Lipinski definition) is 3. The van der Waals surface area contributed by atoms with Crippen molar-refractivity contribution in [3.05, 3.63) is 30.7 Å². The van der Waals surface area contributed by atoms with Crippen molar-refractivity contribution in [3.8, 4) is 0 Å². The van der Waals surface area contributed by atoms with E-state index >= 15 is 0 Å². The Labute approximate surface area is 104 Å². The average Bonchev–Trinajstić information content (AvgIpc) is 2.74. The first-order valence-corrected chi connectivity index (χ1v) is 6.44. The highest BCUT2D eigenvalue weighted by Gasteiger charge is 2.20. The fourth-order valence-electron chi connectivity index (χ4n) is 1.39. The molecule has 0 bridgehead atoms. The zero-order chi connectivity index (χ0) is 13.2. The lowest BCUT2D eigenvalue weighted by Gasteiger charge is -2.08. The Morgan fingerprint density at radius 3 is 2.83 bits per heavy atom. The summed E-state index contributed by atoms with van der Waals surface area (Å²) in [6, 6.07) is 3.10. The SMILES string of the molecule is Cn1cc(NS(=O)(=O)c2ncccc2NN)cn1. The summed E-state index contributed by atoms with van der Waals surface area (Å²) < 4.78 is 28.0. The van der Waals surface area contributed by atoms with Crippen LogP contribution in [0.2, 0.25) is 0 Å². The normalized spacial score (nSPS) is 11.2. The molecule has 0 saturated heterocycles. The van der Waals surface area contributed by atoms with Gasteiger partial charge in [-0.3, -0.25) is 15.2 Å². The first-order chi connectivity index (χ1) is 8.53. The third-order valence-corrected chi connectivity index (χ3v) is 3.48. The van der Waals surface area contributed by atoms with Crippen LogP contribution in [0.25, 0.3) is 0 Å². The molecule has 0 radical (unpaired) electrons. The van der Waals surface area contributed by atoms with E-state index in [1.54, 1.807) is 13.1 Å². The van der Waals surface area contributed by atoms with Gasteiger partial charge in [-0.2, -0.15) is 13.5 Å². The fraction of sp³-hybridized carbons (Fsp3) is 0.111. The van der Waals surface area contributed by atoms with Gasteiger partial charge in [0.2, 0.25) is 5.03 Å². The molecule has 2 rings (SSSR count). The molecule has 0 amide bonds. The summed E-state index contributed by atoms with van der Waals surface area (Å²) in [5.41, 5.74) is 2.86. The van der Waals surface area contributed by atoms with E-state index in [9.17, 15) is 8.42 Å². The predicted octanol–water partition coefficient (Wildman–Crippen LogP) is -0.0985. The summed E-state index contributed by atoms with van der Waals surface area (Å²) in [7, 11) is -2.11. The summed E-state index contributed by atoms with van der Waals surface area (Å²) >= 11 is 0. The molecule has 0 unspecified atom stereocenters. The Morgan fingerprint density at radius 1 is 1.44 bits per heavy atom. The molecule has 0 atom stereocenters. The average molecular weight is 268 g/mol. The molecule has 0 aromatic carbocycles. The van der Waals surface area contributed by atoms with Crippen LogP contribution in [-0.2, 0) is 17.1 Å². The molecular weight excluding hydrogens is 256 g/mol. The van der Waals surface area contributed by atoms with Crippen molar-refractivity contribution in [2.75, 3.05) is 10.1 Å². The number of hydrazine groups is 1.